The number of unbranched alkanes of at least 4 members (excludes halogenated alkanes) is 2. The topological polar surface area (TPSA) is 44.1 Å². The Labute approximate surface area is 184 Å². The Balaban J connectivity index is 1.81. The molecule has 0 aliphatic rings. The van der Waals surface area contributed by atoms with Crippen molar-refractivity contribution in [3.8, 4) is 5.75 Å². The molecule has 1 aromatic heterocycles. The molecule has 2 aromatic rings. The summed E-state index contributed by atoms with van der Waals surface area (Å²) in [5, 5.41) is 4.52. The molecule has 0 N–H and O–H groups in total. The van der Waals surface area contributed by atoms with Crippen molar-refractivity contribution >= 4 is 23.4 Å². The predicted molar refractivity (Wildman–Crippen MR) is 124 cm³/mol. The Hall–Kier alpha value is -1.46. The summed E-state index contributed by atoms with van der Waals surface area (Å²) in [5.74, 6) is 1.76. The Kier molecular flexibility index (Phi) is 9.09. The van der Waals surface area contributed by atoms with E-state index in [4.69, 9.17) is 16.3 Å². The van der Waals surface area contributed by atoms with Gasteiger partial charge in [0, 0.05) is 5.75 Å². The Morgan fingerprint density at radius 1 is 1.21 bits per heavy atom. The van der Waals surface area contributed by atoms with Crippen molar-refractivity contribution in [2.45, 2.75) is 77.2 Å². The van der Waals surface area contributed by atoms with Crippen molar-refractivity contribution in [3.05, 3.63) is 50.9 Å². The van der Waals surface area contributed by atoms with Gasteiger partial charge in [-0.15, -0.1) is 11.8 Å². The van der Waals surface area contributed by atoms with Gasteiger partial charge in [0.25, 0.3) is 5.56 Å². The summed E-state index contributed by atoms with van der Waals surface area (Å²) in [6, 6.07) is 6.48. The first-order valence-corrected chi connectivity index (χ1v) is 11.7. The van der Waals surface area contributed by atoms with E-state index in [1.807, 2.05) is 20.8 Å². The van der Waals surface area contributed by atoms with Gasteiger partial charge in [0.2, 0.25) is 0 Å². The van der Waals surface area contributed by atoms with Crippen LogP contribution in [-0.2, 0) is 12.0 Å². The predicted octanol–water partition coefficient (Wildman–Crippen LogP) is 6.25. The quantitative estimate of drug-likeness (QED) is 0.326. The second-order valence-electron chi connectivity index (χ2n) is 8.32. The van der Waals surface area contributed by atoms with E-state index >= 15 is 0 Å². The first-order valence-electron chi connectivity index (χ1n) is 10.4. The molecule has 0 radical (unpaired) electrons. The van der Waals surface area contributed by atoms with Gasteiger partial charge in [0.05, 0.1) is 23.2 Å². The number of rotatable bonds is 10. The number of ether oxygens (including phenoxy) is 1. The van der Waals surface area contributed by atoms with E-state index in [1.54, 1.807) is 18.0 Å². The van der Waals surface area contributed by atoms with Gasteiger partial charge in [-0.2, -0.15) is 5.10 Å². The lowest BCUT2D eigenvalue weighted by molar-refractivity contribution is 0.316. The third-order valence-corrected chi connectivity index (χ3v) is 6.23. The molecule has 160 valence electrons. The number of aryl methyl sites for hydroxylation is 2. The van der Waals surface area contributed by atoms with Crippen LogP contribution in [-0.4, -0.2) is 22.1 Å². The highest BCUT2D eigenvalue weighted by Crippen LogP contribution is 2.25. The summed E-state index contributed by atoms with van der Waals surface area (Å²) >= 11 is 7.81. The highest BCUT2D eigenvalue weighted by Gasteiger charge is 2.19. The number of benzene rings is 1. The van der Waals surface area contributed by atoms with E-state index in [9.17, 15) is 4.79 Å². The van der Waals surface area contributed by atoms with Gasteiger partial charge < -0.3 is 4.74 Å². The zero-order chi connectivity index (χ0) is 21.4. The fourth-order valence-electron chi connectivity index (χ4n) is 3.03. The average molecular weight is 437 g/mol. The van der Waals surface area contributed by atoms with E-state index in [2.05, 4.69) is 37.1 Å². The van der Waals surface area contributed by atoms with Gasteiger partial charge >= 0.3 is 0 Å². The molecule has 0 aliphatic carbocycles. The van der Waals surface area contributed by atoms with Crippen molar-refractivity contribution in [3.63, 3.8) is 0 Å². The lowest BCUT2D eigenvalue weighted by atomic mass is 10.0. The van der Waals surface area contributed by atoms with E-state index in [1.165, 1.54) is 35.1 Å². The van der Waals surface area contributed by atoms with E-state index in [0.717, 1.165) is 29.2 Å². The molecule has 0 bridgehead atoms. The van der Waals surface area contributed by atoms with Crippen LogP contribution in [0.15, 0.2) is 34.1 Å². The van der Waals surface area contributed by atoms with Crippen LogP contribution < -0.4 is 10.3 Å². The Bertz CT molecular complexity index is 859. The standard InChI is InChI=1S/C23H33ClN2O2S/c1-6-7-8-10-18-11-12-19(17(2)15-18)28-13-9-14-29-20-16-25-26(23(3,4)5)22(27)21(20)24/h11-12,15-16H,6-10,13-14H2,1-5H3. The number of aromatic nitrogens is 2. The number of nitrogens with zero attached hydrogens (tertiary/aromatic N) is 2. The van der Waals surface area contributed by atoms with Gasteiger partial charge in [-0.1, -0.05) is 43.5 Å². The molecule has 2 rings (SSSR count). The Morgan fingerprint density at radius 2 is 1.97 bits per heavy atom. The first-order chi connectivity index (χ1) is 13.7. The number of hydrogen-bond donors (Lipinski definition) is 0. The summed E-state index contributed by atoms with van der Waals surface area (Å²) in [7, 11) is 0. The van der Waals surface area contributed by atoms with Crippen molar-refractivity contribution in [2.24, 2.45) is 0 Å². The van der Waals surface area contributed by atoms with Crippen molar-refractivity contribution in [1.82, 2.24) is 9.78 Å². The zero-order valence-electron chi connectivity index (χ0n) is 18.3. The van der Waals surface area contributed by atoms with Crippen molar-refractivity contribution < 1.29 is 4.74 Å². The molecule has 0 fully saturated rings. The molecule has 0 saturated heterocycles. The lowest BCUT2D eigenvalue weighted by Crippen LogP contribution is -2.36. The van der Waals surface area contributed by atoms with Crippen LogP contribution >= 0.6 is 23.4 Å². The fourth-order valence-corrected chi connectivity index (χ4v) is 4.14. The van der Waals surface area contributed by atoms with Crippen molar-refractivity contribution in [2.75, 3.05) is 12.4 Å². The van der Waals surface area contributed by atoms with Crippen LogP contribution in [0.4, 0.5) is 0 Å². The van der Waals surface area contributed by atoms with Crippen LogP contribution in [0.2, 0.25) is 5.02 Å². The minimum atomic E-state index is -0.388. The number of thioether (sulfide) groups is 1. The highest BCUT2D eigenvalue weighted by atomic mass is 35.5. The van der Waals surface area contributed by atoms with E-state index in [-0.39, 0.29) is 16.1 Å². The molecule has 1 aromatic carbocycles. The second kappa shape index (κ2) is 11.1. The van der Waals surface area contributed by atoms with Crippen LogP contribution in [0.5, 0.6) is 5.75 Å². The third kappa shape index (κ3) is 7.07. The average Bonchev–Trinajstić information content (AvgIpc) is 2.65. The number of hydrogen-bond acceptors (Lipinski definition) is 4. The molecular weight excluding hydrogens is 404 g/mol. The summed E-state index contributed by atoms with van der Waals surface area (Å²) in [5.41, 5.74) is 1.94. The Morgan fingerprint density at radius 3 is 2.62 bits per heavy atom. The highest BCUT2D eigenvalue weighted by molar-refractivity contribution is 7.99. The number of halogens is 1. The van der Waals surface area contributed by atoms with Gasteiger partial charge in [0.1, 0.15) is 10.8 Å². The van der Waals surface area contributed by atoms with Crippen LogP contribution in [0.25, 0.3) is 0 Å². The molecule has 1 heterocycles. The molecule has 0 spiro atoms. The maximum Gasteiger partial charge on any atom is 0.287 e. The van der Waals surface area contributed by atoms with E-state index in [0.29, 0.717) is 6.61 Å². The summed E-state index contributed by atoms with van der Waals surface area (Å²) in [6.07, 6.45) is 7.44. The lowest BCUT2D eigenvalue weighted by Gasteiger charge is -2.21. The molecule has 0 aliphatic heterocycles. The van der Waals surface area contributed by atoms with Crippen molar-refractivity contribution in [1.29, 1.82) is 0 Å². The molecule has 0 unspecified atom stereocenters. The summed E-state index contributed by atoms with van der Waals surface area (Å²) < 4.78 is 7.37. The van der Waals surface area contributed by atoms with Gasteiger partial charge in [-0.3, -0.25) is 4.79 Å². The molecule has 29 heavy (non-hydrogen) atoms. The summed E-state index contributed by atoms with van der Waals surface area (Å²) in [6.45, 7) is 10.8. The summed E-state index contributed by atoms with van der Waals surface area (Å²) in [4.78, 5) is 13.1. The molecule has 0 atom stereocenters. The largest absolute Gasteiger partial charge is 0.493 e. The van der Waals surface area contributed by atoms with Gasteiger partial charge in [-0.05, 0) is 64.2 Å². The second-order valence-corrected chi connectivity index (χ2v) is 9.83. The fraction of sp³-hybridized carbons (Fsp3) is 0.565. The van der Waals surface area contributed by atoms with Gasteiger partial charge in [0.15, 0.2) is 0 Å². The molecule has 4 nitrogen and oxygen atoms in total. The maximum absolute atomic E-state index is 12.4. The molecule has 0 saturated carbocycles. The molecule has 6 heteroatoms. The SMILES string of the molecule is CCCCCc1ccc(OCCCSc2cnn(C(C)(C)C)c(=O)c2Cl)c(C)c1. The maximum atomic E-state index is 12.4. The normalized spacial score (nSPS) is 11.7. The van der Waals surface area contributed by atoms with Crippen LogP contribution in [0.3, 0.4) is 0 Å². The zero-order valence-corrected chi connectivity index (χ0v) is 19.8. The van der Waals surface area contributed by atoms with Crippen LogP contribution in [0.1, 0.15) is 64.5 Å². The minimum absolute atomic E-state index is 0.241. The third-order valence-electron chi connectivity index (χ3n) is 4.63. The molecule has 0 amide bonds. The first kappa shape index (κ1) is 23.8. The monoisotopic (exact) mass is 436 g/mol. The molecular formula is C23H33ClN2O2S. The van der Waals surface area contributed by atoms with Crippen LogP contribution in [0, 0.1) is 6.92 Å². The smallest absolute Gasteiger partial charge is 0.287 e. The van der Waals surface area contributed by atoms with E-state index < -0.39 is 0 Å². The van der Waals surface area contributed by atoms with Gasteiger partial charge in [-0.25, -0.2) is 4.68 Å². The minimum Gasteiger partial charge on any atom is -0.493 e.